The average Bonchev–Trinajstić information content (AvgIpc) is 2.17. The van der Waals surface area contributed by atoms with Gasteiger partial charge in [-0.2, -0.15) is 0 Å². The summed E-state index contributed by atoms with van der Waals surface area (Å²) in [5.74, 6) is -3.29. The van der Waals surface area contributed by atoms with Crippen LogP contribution in [-0.2, 0) is 0 Å². The van der Waals surface area contributed by atoms with Crippen LogP contribution in [-0.4, -0.2) is 19.1 Å². The topological polar surface area (TPSA) is 35.2 Å². The molecule has 0 amide bonds. The first kappa shape index (κ1) is 10.8. The summed E-state index contributed by atoms with van der Waals surface area (Å²) in [6.45, 7) is -1.57. The molecule has 5 heteroatoms. The molecule has 0 aliphatic carbocycles. The lowest BCUT2D eigenvalue weighted by molar-refractivity contribution is -0.0319. The van der Waals surface area contributed by atoms with E-state index in [1.807, 2.05) is 0 Å². The van der Waals surface area contributed by atoms with Gasteiger partial charge in [0.1, 0.15) is 11.6 Å². The SMILES string of the molecule is NCC(F)(F)COc1ccc(F)cc1. The van der Waals surface area contributed by atoms with E-state index in [9.17, 15) is 13.2 Å². The summed E-state index contributed by atoms with van der Waals surface area (Å²) in [6.07, 6.45) is 0. The molecule has 0 aliphatic heterocycles. The van der Waals surface area contributed by atoms with Crippen molar-refractivity contribution in [3.05, 3.63) is 30.1 Å². The van der Waals surface area contributed by atoms with E-state index in [0.717, 1.165) is 12.1 Å². The predicted molar refractivity (Wildman–Crippen MR) is 45.9 cm³/mol. The molecule has 0 aliphatic rings. The average molecular weight is 205 g/mol. The first-order valence-corrected chi connectivity index (χ1v) is 4.00. The molecular formula is C9H10F3NO. The van der Waals surface area contributed by atoms with Crippen LogP contribution in [0.15, 0.2) is 24.3 Å². The lowest BCUT2D eigenvalue weighted by Gasteiger charge is -2.14. The van der Waals surface area contributed by atoms with Crippen molar-refractivity contribution >= 4 is 0 Å². The minimum atomic E-state index is -3.05. The summed E-state index contributed by atoms with van der Waals surface area (Å²) in [6, 6.07) is 4.83. The maximum Gasteiger partial charge on any atom is 0.293 e. The van der Waals surface area contributed by atoms with Gasteiger partial charge < -0.3 is 10.5 Å². The minimum Gasteiger partial charge on any atom is -0.487 e. The molecule has 0 saturated heterocycles. The highest BCUT2D eigenvalue weighted by molar-refractivity contribution is 5.22. The molecule has 0 spiro atoms. The molecule has 78 valence electrons. The molecular weight excluding hydrogens is 195 g/mol. The Morgan fingerprint density at radius 2 is 1.79 bits per heavy atom. The molecule has 2 N–H and O–H groups in total. The Balaban J connectivity index is 2.50. The van der Waals surface area contributed by atoms with Gasteiger partial charge in [-0.25, -0.2) is 13.2 Å². The maximum atomic E-state index is 12.6. The molecule has 0 fully saturated rings. The number of hydrogen-bond acceptors (Lipinski definition) is 2. The molecule has 0 aromatic heterocycles. The van der Waals surface area contributed by atoms with Crippen molar-refractivity contribution in [3.8, 4) is 5.75 Å². The number of halogens is 3. The highest BCUT2D eigenvalue weighted by Gasteiger charge is 2.27. The first-order chi connectivity index (χ1) is 6.53. The second-order valence-corrected chi connectivity index (χ2v) is 2.80. The summed E-state index contributed by atoms with van der Waals surface area (Å²) in [5, 5.41) is 0. The number of rotatable bonds is 4. The molecule has 1 aromatic rings. The van der Waals surface area contributed by atoms with Gasteiger partial charge in [0.15, 0.2) is 6.61 Å². The van der Waals surface area contributed by atoms with Gasteiger partial charge in [0.05, 0.1) is 6.54 Å². The van der Waals surface area contributed by atoms with Crippen molar-refractivity contribution in [2.75, 3.05) is 13.2 Å². The van der Waals surface area contributed by atoms with E-state index in [4.69, 9.17) is 10.5 Å². The Kier molecular flexibility index (Phi) is 3.35. The van der Waals surface area contributed by atoms with Crippen molar-refractivity contribution in [2.24, 2.45) is 5.73 Å². The Labute approximate surface area is 79.5 Å². The zero-order valence-corrected chi connectivity index (χ0v) is 7.34. The summed E-state index contributed by atoms with van der Waals surface area (Å²) < 4.78 is 42.3. The number of alkyl halides is 2. The van der Waals surface area contributed by atoms with E-state index in [0.29, 0.717) is 0 Å². The highest BCUT2D eigenvalue weighted by Crippen LogP contribution is 2.16. The van der Waals surface area contributed by atoms with Crippen molar-refractivity contribution in [3.63, 3.8) is 0 Å². The Bertz CT molecular complexity index is 287. The molecule has 1 aromatic carbocycles. The van der Waals surface area contributed by atoms with E-state index in [1.54, 1.807) is 0 Å². The zero-order chi connectivity index (χ0) is 10.6. The Hall–Kier alpha value is -1.23. The highest BCUT2D eigenvalue weighted by atomic mass is 19.3. The van der Waals surface area contributed by atoms with Gasteiger partial charge in [-0.15, -0.1) is 0 Å². The fraction of sp³-hybridized carbons (Fsp3) is 0.333. The summed E-state index contributed by atoms with van der Waals surface area (Å²) in [4.78, 5) is 0. The van der Waals surface area contributed by atoms with E-state index in [2.05, 4.69) is 0 Å². The predicted octanol–water partition coefficient (Wildman–Crippen LogP) is 1.80. The number of ether oxygens (including phenoxy) is 1. The van der Waals surface area contributed by atoms with E-state index in [-0.39, 0.29) is 5.75 Å². The van der Waals surface area contributed by atoms with Crippen molar-refractivity contribution in [2.45, 2.75) is 5.92 Å². The molecule has 0 bridgehead atoms. The van der Waals surface area contributed by atoms with Gasteiger partial charge in [-0.3, -0.25) is 0 Å². The summed E-state index contributed by atoms with van der Waals surface area (Å²) in [5.41, 5.74) is 4.80. The lowest BCUT2D eigenvalue weighted by Crippen LogP contribution is -2.34. The second kappa shape index (κ2) is 4.32. The largest absolute Gasteiger partial charge is 0.487 e. The molecule has 0 unspecified atom stereocenters. The smallest absolute Gasteiger partial charge is 0.293 e. The number of benzene rings is 1. The van der Waals surface area contributed by atoms with Crippen LogP contribution in [0.2, 0.25) is 0 Å². The third-order valence-corrected chi connectivity index (χ3v) is 1.56. The van der Waals surface area contributed by atoms with Crippen LogP contribution in [0.1, 0.15) is 0 Å². The third kappa shape index (κ3) is 3.26. The van der Waals surface area contributed by atoms with Crippen molar-refractivity contribution in [1.29, 1.82) is 0 Å². The first-order valence-electron chi connectivity index (χ1n) is 4.00. The monoisotopic (exact) mass is 205 g/mol. The van der Waals surface area contributed by atoms with Gasteiger partial charge in [0.25, 0.3) is 5.92 Å². The molecule has 0 saturated carbocycles. The van der Waals surface area contributed by atoms with Crippen LogP contribution in [0.5, 0.6) is 5.75 Å². The molecule has 0 radical (unpaired) electrons. The molecule has 0 heterocycles. The number of hydrogen-bond donors (Lipinski definition) is 1. The van der Waals surface area contributed by atoms with Crippen LogP contribution in [0.3, 0.4) is 0 Å². The summed E-state index contributed by atoms with van der Waals surface area (Å²) in [7, 11) is 0. The Morgan fingerprint density at radius 1 is 1.21 bits per heavy atom. The van der Waals surface area contributed by atoms with Crippen LogP contribution >= 0.6 is 0 Å². The standard InChI is InChI=1S/C9H10F3NO/c10-7-1-3-8(4-2-7)14-6-9(11,12)5-13/h1-4H,5-6,13H2. The zero-order valence-electron chi connectivity index (χ0n) is 7.34. The summed E-state index contributed by atoms with van der Waals surface area (Å²) >= 11 is 0. The number of nitrogens with two attached hydrogens (primary N) is 1. The molecule has 2 nitrogen and oxygen atoms in total. The van der Waals surface area contributed by atoms with Gasteiger partial charge >= 0.3 is 0 Å². The minimum absolute atomic E-state index is 0.194. The second-order valence-electron chi connectivity index (χ2n) is 2.80. The normalized spacial score (nSPS) is 11.4. The lowest BCUT2D eigenvalue weighted by atomic mass is 10.3. The van der Waals surface area contributed by atoms with Gasteiger partial charge in [0, 0.05) is 0 Å². The molecule has 14 heavy (non-hydrogen) atoms. The molecule has 1 rings (SSSR count). The van der Waals surface area contributed by atoms with E-state index in [1.165, 1.54) is 12.1 Å². The van der Waals surface area contributed by atoms with Gasteiger partial charge in [-0.1, -0.05) is 0 Å². The van der Waals surface area contributed by atoms with Crippen LogP contribution in [0.25, 0.3) is 0 Å². The van der Waals surface area contributed by atoms with Gasteiger partial charge in [-0.05, 0) is 24.3 Å². The Morgan fingerprint density at radius 3 is 2.29 bits per heavy atom. The quantitative estimate of drug-likeness (QED) is 0.813. The molecule has 0 atom stereocenters. The van der Waals surface area contributed by atoms with E-state index < -0.39 is 24.9 Å². The van der Waals surface area contributed by atoms with Crippen LogP contribution in [0.4, 0.5) is 13.2 Å². The van der Waals surface area contributed by atoms with Crippen LogP contribution in [0, 0.1) is 5.82 Å². The van der Waals surface area contributed by atoms with Crippen molar-refractivity contribution < 1.29 is 17.9 Å². The fourth-order valence-electron chi connectivity index (χ4n) is 0.779. The van der Waals surface area contributed by atoms with E-state index >= 15 is 0 Å². The maximum absolute atomic E-state index is 12.6. The third-order valence-electron chi connectivity index (χ3n) is 1.56. The van der Waals surface area contributed by atoms with Crippen LogP contribution < -0.4 is 10.5 Å². The fourth-order valence-corrected chi connectivity index (χ4v) is 0.779. The van der Waals surface area contributed by atoms with Crippen molar-refractivity contribution in [1.82, 2.24) is 0 Å². The van der Waals surface area contributed by atoms with Gasteiger partial charge in [0.2, 0.25) is 0 Å².